The number of ether oxygens (including phenoxy) is 1. The number of benzene rings is 1. The van der Waals surface area contributed by atoms with Gasteiger partial charge in [-0.3, -0.25) is 4.79 Å². The number of anilines is 1. The van der Waals surface area contributed by atoms with Gasteiger partial charge >= 0.3 is 5.97 Å². The molecule has 1 saturated carbocycles. The summed E-state index contributed by atoms with van der Waals surface area (Å²) in [4.78, 5) is 34.0. The Morgan fingerprint density at radius 3 is 2.55 bits per heavy atom. The van der Waals surface area contributed by atoms with Crippen LogP contribution >= 0.6 is 0 Å². The normalized spacial score (nSPS) is 40.8. The summed E-state index contributed by atoms with van der Waals surface area (Å²) in [6.07, 6.45) is 3.81. The van der Waals surface area contributed by atoms with Gasteiger partial charge in [-0.15, -0.1) is 0 Å². The molecule has 0 bridgehead atoms. The van der Waals surface area contributed by atoms with Crippen LogP contribution in [-0.2, 0) is 19.2 Å². The predicted molar refractivity (Wildman–Crippen MR) is 115 cm³/mol. The van der Waals surface area contributed by atoms with Gasteiger partial charge in [-0.2, -0.15) is 0 Å². The van der Waals surface area contributed by atoms with Gasteiger partial charge in [0.05, 0.1) is 11.6 Å². The summed E-state index contributed by atoms with van der Waals surface area (Å²) < 4.78 is 5.85. The molecule has 0 amide bonds. The number of aliphatic hydroxyl groups is 1. The maximum atomic E-state index is 13.2. The van der Waals surface area contributed by atoms with Crippen molar-refractivity contribution >= 4 is 23.2 Å². The summed E-state index contributed by atoms with van der Waals surface area (Å²) in [5.74, 6) is -1.22. The van der Waals surface area contributed by atoms with Crippen molar-refractivity contribution < 1.29 is 24.3 Å². The number of hydrogen-bond donors (Lipinski definition) is 1. The second-order valence-electron chi connectivity index (χ2n) is 9.77. The molecule has 1 aromatic rings. The van der Waals surface area contributed by atoms with Crippen LogP contribution in [0.3, 0.4) is 0 Å². The average molecular weight is 424 g/mol. The fraction of sp³-hybridized carbons (Fsp3) is 0.542. The van der Waals surface area contributed by atoms with Crippen molar-refractivity contribution in [3.63, 3.8) is 0 Å². The van der Waals surface area contributed by atoms with Crippen LogP contribution in [0.1, 0.15) is 38.7 Å². The van der Waals surface area contributed by atoms with E-state index in [0.29, 0.717) is 25.0 Å². The molecule has 2 fully saturated rings. The van der Waals surface area contributed by atoms with Crippen molar-refractivity contribution in [2.75, 3.05) is 19.0 Å². The zero-order valence-corrected chi connectivity index (χ0v) is 18.3. The Kier molecular flexibility index (Phi) is 4.19. The zero-order valence-electron chi connectivity index (χ0n) is 18.3. The van der Waals surface area contributed by atoms with Crippen molar-refractivity contribution in [3.05, 3.63) is 42.0 Å². The fourth-order valence-corrected chi connectivity index (χ4v) is 5.90. The molecule has 164 valence electrons. The maximum Gasteiger partial charge on any atom is 0.354 e. The molecule has 31 heavy (non-hydrogen) atoms. The molecule has 2 aliphatic carbocycles. The number of esters is 1. The average Bonchev–Trinajstić information content (AvgIpc) is 3.37. The van der Waals surface area contributed by atoms with Crippen molar-refractivity contribution in [3.8, 4) is 0 Å². The SMILES string of the molecule is C[C@H]1CC[C@@H]2[C@@H](OC(=O)[C@]23CC(c2ccc(N(C)C)cc2)=NO3)[C@]2(C)C(=O)C=C[C@@]12O. The van der Waals surface area contributed by atoms with E-state index in [1.165, 1.54) is 6.08 Å². The quantitative estimate of drug-likeness (QED) is 0.734. The number of rotatable bonds is 2. The highest BCUT2D eigenvalue weighted by Gasteiger charge is 2.73. The Morgan fingerprint density at radius 1 is 1.16 bits per heavy atom. The van der Waals surface area contributed by atoms with E-state index in [1.807, 2.05) is 50.2 Å². The Morgan fingerprint density at radius 2 is 1.87 bits per heavy atom. The molecule has 1 N–H and O–H groups in total. The van der Waals surface area contributed by atoms with Gasteiger partial charge < -0.3 is 19.6 Å². The van der Waals surface area contributed by atoms with Crippen LogP contribution in [0.5, 0.6) is 0 Å². The first kappa shape index (κ1) is 20.2. The molecule has 0 radical (unpaired) electrons. The molecule has 6 atom stereocenters. The Hall–Kier alpha value is -2.67. The monoisotopic (exact) mass is 424 g/mol. The lowest BCUT2D eigenvalue weighted by Gasteiger charge is -2.43. The Bertz CT molecular complexity index is 1020. The lowest BCUT2D eigenvalue weighted by atomic mass is 9.63. The maximum absolute atomic E-state index is 13.2. The third-order valence-corrected chi connectivity index (χ3v) is 8.07. The van der Waals surface area contributed by atoms with Crippen LogP contribution in [0.15, 0.2) is 41.6 Å². The van der Waals surface area contributed by atoms with Gasteiger partial charge in [0, 0.05) is 26.2 Å². The second kappa shape index (κ2) is 6.42. The van der Waals surface area contributed by atoms with E-state index in [9.17, 15) is 14.7 Å². The number of fused-ring (bicyclic) bond motifs is 4. The second-order valence-corrected chi connectivity index (χ2v) is 9.77. The third-order valence-electron chi connectivity index (χ3n) is 8.07. The van der Waals surface area contributed by atoms with Crippen LogP contribution in [0.4, 0.5) is 5.69 Å². The highest BCUT2D eigenvalue weighted by molar-refractivity contribution is 6.06. The van der Waals surface area contributed by atoms with E-state index in [1.54, 1.807) is 13.0 Å². The molecule has 0 aromatic heterocycles. The Balaban J connectivity index is 1.48. The molecule has 7 heteroatoms. The van der Waals surface area contributed by atoms with Gasteiger partial charge in [-0.25, -0.2) is 4.79 Å². The van der Waals surface area contributed by atoms with Crippen molar-refractivity contribution in [2.45, 2.75) is 50.4 Å². The summed E-state index contributed by atoms with van der Waals surface area (Å²) in [7, 11) is 3.95. The van der Waals surface area contributed by atoms with Crippen molar-refractivity contribution in [1.29, 1.82) is 0 Å². The van der Waals surface area contributed by atoms with Crippen molar-refractivity contribution in [1.82, 2.24) is 0 Å². The summed E-state index contributed by atoms with van der Waals surface area (Å²) in [5.41, 5.74) is -1.18. The highest BCUT2D eigenvalue weighted by atomic mass is 16.7. The highest BCUT2D eigenvalue weighted by Crippen LogP contribution is 2.59. The number of oxime groups is 1. The summed E-state index contributed by atoms with van der Waals surface area (Å²) >= 11 is 0. The number of allylic oxidation sites excluding steroid dienone is 1. The topological polar surface area (TPSA) is 88.4 Å². The van der Waals surface area contributed by atoms with Crippen LogP contribution in [0.25, 0.3) is 0 Å². The Labute approximate surface area is 181 Å². The van der Waals surface area contributed by atoms with E-state index in [2.05, 4.69) is 5.16 Å². The number of carbonyl (C=O) groups is 2. The summed E-state index contributed by atoms with van der Waals surface area (Å²) in [6.45, 7) is 3.66. The van der Waals surface area contributed by atoms with E-state index in [4.69, 9.17) is 9.57 Å². The minimum atomic E-state index is -1.35. The van der Waals surface area contributed by atoms with Crippen molar-refractivity contribution in [2.24, 2.45) is 22.4 Å². The molecule has 1 spiro atoms. The molecule has 5 rings (SSSR count). The lowest BCUT2D eigenvalue weighted by molar-refractivity contribution is -0.169. The smallest absolute Gasteiger partial charge is 0.354 e. The minimum Gasteiger partial charge on any atom is -0.458 e. The van der Waals surface area contributed by atoms with Gasteiger partial charge in [0.2, 0.25) is 5.60 Å². The van der Waals surface area contributed by atoms with Gasteiger partial charge in [0.1, 0.15) is 17.1 Å². The number of ketones is 1. The first-order chi connectivity index (χ1) is 14.6. The summed E-state index contributed by atoms with van der Waals surface area (Å²) in [6, 6.07) is 7.92. The number of hydrogen-bond acceptors (Lipinski definition) is 7. The molecular weight excluding hydrogens is 396 g/mol. The molecule has 4 aliphatic rings. The van der Waals surface area contributed by atoms with E-state index in [-0.39, 0.29) is 17.6 Å². The molecule has 2 aliphatic heterocycles. The standard InChI is InChI=1S/C24H28N2O5/c1-14-5-10-17-20(22(2)19(27)11-12-24(14,22)29)30-21(28)23(17)13-18(25-31-23)15-6-8-16(9-7-15)26(3)4/h6-9,11-12,14,17,20,29H,5,10,13H2,1-4H3/t14-,17+,20+,22-,23-,24+/m0/s1. The van der Waals surface area contributed by atoms with E-state index in [0.717, 1.165) is 11.3 Å². The third kappa shape index (κ3) is 2.47. The largest absolute Gasteiger partial charge is 0.458 e. The predicted octanol–water partition coefficient (Wildman–Crippen LogP) is 2.46. The fourth-order valence-electron chi connectivity index (χ4n) is 5.90. The van der Waals surface area contributed by atoms with Gasteiger partial charge in [-0.05, 0) is 55.5 Å². The van der Waals surface area contributed by atoms with Crippen LogP contribution < -0.4 is 4.90 Å². The molecule has 1 aromatic carbocycles. The first-order valence-electron chi connectivity index (χ1n) is 10.8. The van der Waals surface area contributed by atoms with Crippen LogP contribution in [-0.4, -0.2) is 54.0 Å². The van der Waals surface area contributed by atoms with E-state index < -0.39 is 28.7 Å². The van der Waals surface area contributed by atoms with Crippen LogP contribution in [0, 0.1) is 17.3 Å². The van der Waals surface area contributed by atoms with Gasteiger partial charge in [-0.1, -0.05) is 24.2 Å². The number of nitrogens with zero attached hydrogens (tertiary/aromatic N) is 2. The first-order valence-corrected chi connectivity index (χ1v) is 10.8. The molecule has 1 saturated heterocycles. The summed E-state index contributed by atoms with van der Waals surface area (Å²) in [5, 5.41) is 15.8. The van der Waals surface area contributed by atoms with Gasteiger partial charge in [0.15, 0.2) is 5.78 Å². The van der Waals surface area contributed by atoms with Crippen LogP contribution in [0.2, 0.25) is 0 Å². The molecular formula is C24H28N2O5. The lowest BCUT2D eigenvalue weighted by Crippen LogP contribution is -2.57. The van der Waals surface area contributed by atoms with E-state index >= 15 is 0 Å². The molecule has 2 heterocycles. The zero-order chi connectivity index (χ0) is 22.2. The molecule has 7 nitrogen and oxygen atoms in total. The minimum absolute atomic E-state index is 0.151. The number of carbonyl (C=O) groups excluding carboxylic acids is 2. The molecule has 0 unspecified atom stereocenters. The van der Waals surface area contributed by atoms with Gasteiger partial charge in [0.25, 0.3) is 0 Å².